The smallest absolute Gasteiger partial charge is 0.410 e. The number of hydrogen-bond acceptors (Lipinski definition) is 20. The number of aromatic nitrogens is 1. The van der Waals surface area contributed by atoms with E-state index >= 15 is 0 Å². The average Bonchev–Trinajstić information content (AvgIpc) is 1.40. The Hall–Kier alpha value is -7.42. The summed E-state index contributed by atoms with van der Waals surface area (Å²) in [5.41, 5.74) is 7.19. The van der Waals surface area contributed by atoms with Gasteiger partial charge in [0.15, 0.2) is 0 Å². The molecule has 0 radical (unpaired) electrons. The standard InChI is InChI=1S/C71H114N12O17S/c1-14-48(8)62(56(93-12)43-58(85)83-31-19-23-55(83)63(94-13)49(9)64(86)78-54(68-74-30-41-101-68)42-50-20-16-15-17-21-50)81(10)69(90)60(46(4)5)80-67(89)61(47(6)7)82(11)71(92)99-44-51-24-26-52(27-25-51)76-65(87)53(22-18-29-75-70(72)91)77-66(88)59(45(2)3)79-57(84)28-32-95-33-34-96-35-36-97-37-38-98-39-40-100-73/h15-17,20-21,24-27,30,41,45-49,53-56,59-63H,14,18-19,22-23,28-29,31-40,42-44,73H2,1-13H3,(H,76,87)(H,77,88)(H,78,86)(H,79,84)(H,80,89)(H3,72,75,91)/t48-,49+,53-,54-,55-,56+,59-,60-,61-,62-,63+/m0/s1. The lowest BCUT2D eigenvalue weighted by Crippen LogP contribution is -2.60. The first-order chi connectivity index (χ1) is 48.3. The van der Waals surface area contributed by atoms with E-state index in [0.717, 1.165) is 10.6 Å². The van der Waals surface area contributed by atoms with Gasteiger partial charge in [-0.2, -0.15) is 0 Å². The Morgan fingerprint density at radius 2 is 1.32 bits per heavy atom. The number of methoxy groups -OCH3 is 2. The number of urea groups is 1. The van der Waals surface area contributed by atoms with Crippen molar-refractivity contribution in [3.05, 3.63) is 82.3 Å². The lowest BCUT2D eigenvalue weighted by molar-refractivity contribution is -0.148. The van der Waals surface area contributed by atoms with Crippen molar-refractivity contribution < 1.29 is 81.1 Å². The Kier molecular flexibility index (Phi) is 39.4. The molecule has 2 heterocycles. The summed E-state index contributed by atoms with van der Waals surface area (Å²) in [5.74, 6) is -0.136. The minimum Gasteiger partial charge on any atom is -0.445 e. The predicted octanol–water partition coefficient (Wildman–Crippen LogP) is 5.26. The van der Waals surface area contributed by atoms with Crippen molar-refractivity contribution in [2.45, 2.75) is 175 Å². The highest BCUT2D eigenvalue weighted by molar-refractivity contribution is 7.09. The van der Waals surface area contributed by atoms with Crippen LogP contribution in [0.25, 0.3) is 0 Å². The van der Waals surface area contributed by atoms with Crippen LogP contribution in [0, 0.1) is 29.6 Å². The number of benzene rings is 2. The minimum atomic E-state index is -1.11. The number of thiazole rings is 1. The van der Waals surface area contributed by atoms with Crippen molar-refractivity contribution >= 4 is 70.5 Å². The number of primary amides is 1. The molecule has 29 nitrogen and oxygen atoms in total. The quantitative estimate of drug-likeness (QED) is 0.0264. The topological polar surface area (TPSA) is 374 Å². The molecule has 566 valence electrons. The molecule has 11 atom stereocenters. The van der Waals surface area contributed by atoms with Gasteiger partial charge in [-0.3, -0.25) is 38.5 Å². The number of hydrogen-bond donors (Lipinski definition) is 8. The minimum absolute atomic E-state index is 0.0395. The molecule has 0 aliphatic carbocycles. The Bertz CT molecular complexity index is 2970. The highest BCUT2D eigenvalue weighted by Gasteiger charge is 2.44. The highest BCUT2D eigenvalue weighted by Crippen LogP contribution is 2.31. The van der Waals surface area contributed by atoms with Gasteiger partial charge in [0.05, 0.1) is 102 Å². The van der Waals surface area contributed by atoms with Crippen LogP contribution in [-0.4, -0.2) is 222 Å². The number of rotatable bonds is 48. The van der Waals surface area contributed by atoms with Crippen LogP contribution in [0.5, 0.6) is 0 Å². The number of ether oxygens (including phenoxy) is 7. The molecular formula is C71H114N12O17S. The second-order valence-electron chi connectivity index (χ2n) is 26.3. The SMILES string of the molecule is CC[C@H](C)[C@@H]([C@@H](CC(=O)N1CCC[C@H]1[C@H](OC)[C@@H](C)C(=O)N[C@@H](Cc1ccccc1)c1nccs1)OC)N(C)C(=O)[C@@H](NC(=O)[C@H](C(C)C)N(C)C(=O)OCc1ccc(NC(=O)[C@H](CCCNC(N)=O)NC(=O)[C@@H](NC(=O)CCOCCOCCOCCOCCON)C(C)C)cc1)C(C)C. The van der Waals surface area contributed by atoms with E-state index in [4.69, 9.17) is 44.8 Å². The Morgan fingerprint density at radius 3 is 1.87 bits per heavy atom. The van der Waals surface area contributed by atoms with Gasteiger partial charge >= 0.3 is 12.1 Å². The van der Waals surface area contributed by atoms with Gasteiger partial charge < -0.3 is 85.4 Å². The summed E-state index contributed by atoms with van der Waals surface area (Å²) < 4.78 is 39.6. The second-order valence-corrected chi connectivity index (χ2v) is 27.3. The second kappa shape index (κ2) is 46.2. The predicted molar refractivity (Wildman–Crippen MR) is 381 cm³/mol. The van der Waals surface area contributed by atoms with E-state index in [-0.39, 0.29) is 88.3 Å². The van der Waals surface area contributed by atoms with Gasteiger partial charge in [-0.15, -0.1) is 11.3 Å². The van der Waals surface area contributed by atoms with Crippen molar-refractivity contribution in [3.63, 3.8) is 0 Å². The van der Waals surface area contributed by atoms with Crippen molar-refractivity contribution in [1.82, 2.24) is 46.3 Å². The number of carbonyl (C=O) groups excluding carboxylic acids is 9. The number of nitrogens with two attached hydrogens (primary N) is 2. The number of anilines is 1. The van der Waals surface area contributed by atoms with Crippen molar-refractivity contribution in [1.29, 1.82) is 0 Å². The summed E-state index contributed by atoms with van der Waals surface area (Å²) in [5, 5.41) is 19.6. The van der Waals surface area contributed by atoms with Crippen LogP contribution >= 0.6 is 11.3 Å². The summed E-state index contributed by atoms with van der Waals surface area (Å²) in [4.78, 5) is 137. The number of likely N-dealkylation sites (tertiary alicyclic amines) is 1. The maximum atomic E-state index is 14.9. The zero-order chi connectivity index (χ0) is 74.6. The van der Waals surface area contributed by atoms with Gasteiger partial charge in [0, 0.05) is 65.1 Å². The van der Waals surface area contributed by atoms with Crippen molar-refractivity contribution in [2.75, 3.05) is 106 Å². The molecule has 1 saturated heterocycles. The molecule has 0 unspecified atom stereocenters. The van der Waals surface area contributed by atoms with E-state index in [1.54, 1.807) is 82.1 Å². The van der Waals surface area contributed by atoms with E-state index in [9.17, 15) is 43.2 Å². The summed E-state index contributed by atoms with van der Waals surface area (Å²) >= 11 is 1.47. The van der Waals surface area contributed by atoms with E-state index in [0.29, 0.717) is 83.1 Å². The molecule has 2 aromatic carbocycles. The molecule has 1 aliphatic rings. The lowest BCUT2D eigenvalue weighted by Gasteiger charge is -2.41. The normalized spacial score (nSPS) is 16.0. The summed E-state index contributed by atoms with van der Waals surface area (Å²) in [6, 6.07) is 9.90. The van der Waals surface area contributed by atoms with Crippen LogP contribution in [0.4, 0.5) is 15.3 Å². The Morgan fingerprint density at radius 1 is 0.693 bits per heavy atom. The molecule has 101 heavy (non-hydrogen) atoms. The zero-order valence-corrected chi connectivity index (χ0v) is 62.2. The third-order valence-electron chi connectivity index (χ3n) is 17.8. The number of amides is 10. The number of nitrogens with one attached hydrogen (secondary N) is 6. The monoisotopic (exact) mass is 1440 g/mol. The molecule has 1 aliphatic heterocycles. The van der Waals surface area contributed by atoms with Crippen LogP contribution in [0.3, 0.4) is 0 Å². The highest BCUT2D eigenvalue weighted by atomic mass is 32.1. The zero-order valence-electron chi connectivity index (χ0n) is 61.4. The van der Waals surface area contributed by atoms with Gasteiger partial charge in [-0.1, -0.05) is 111 Å². The maximum Gasteiger partial charge on any atom is 0.410 e. The molecular weight excluding hydrogens is 1320 g/mol. The average molecular weight is 1440 g/mol. The largest absolute Gasteiger partial charge is 0.445 e. The fourth-order valence-electron chi connectivity index (χ4n) is 12.1. The number of carbonyl (C=O) groups is 9. The Labute approximate surface area is 599 Å². The van der Waals surface area contributed by atoms with Crippen LogP contribution in [0.15, 0.2) is 66.2 Å². The number of nitrogens with zero attached hydrogens (tertiary/aromatic N) is 4. The summed E-state index contributed by atoms with van der Waals surface area (Å²) in [7, 11) is 6.17. The van der Waals surface area contributed by atoms with E-state index in [1.807, 2.05) is 70.3 Å². The van der Waals surface area contributed by atoms with E-state index < -0.39 is 108 Å². The third-order valence-corrected chi connectivity index (χ3v) is 18.7. The molecule has 3 aromatic rings. The van der Waals surface area contributed by atoms with Gasteiger partial charge in [-0.05, 0) is 79.0 Å². The van der Waals surface area contributed by atoms with Gasteiger partial charge in [0.2, 0.25) is 41.4 Å². The van der Waals surface area contributed by atoms with Crippen LogP contribution < -0.4 is 43.5 Å². The van der Waals surface area contributed by atoms with Gasteiger partial charge in [0.25, 0.3) is 0 Å². The molecule has 4 rings (SSSR count). The first kappa shape index (κ1) is 86.0. The summed E-state index contributed by atoms with van der Waals surface area (Å²) in [6.45, 7) is 19.6. The first-order valence-corrected chi connectivity index (χ1v) is 35.9. The van der Waals surface area contributed by atoms with Crippen LogP contribution in [0.1, 0.15) is 129 Å². The molecule has 10 amide bonds. The van der Waals surface area contributed by atoms with Crippen molar-refractivity contribution in [3.8, 4) is 0 Å². The van der Waals surface area contributed by atoms with Gasteiger partial charge in [-0.25, -0.2) is 20.5 Å². The van der Waals surface area contributed by atoms with Crippen LogP contribution in [-0.2, 0) is 84.6 Å². The molecule has 1 aromatic heterocycles. The van der Waals surface area contributed by atoms with E-state index in [2.05, 4.69) is 41.7 Å². The molecule has 0 bridgehead atoms. The Balaban J connectivity index is 1.35. The summed E-state index contributed by atoms with van der Waals surface area (Å²) in [6.07, 6.45) is 2.23. The third kappa shape index (κ3) is 29.1. The maximum absolute atomic E-state index is 14.9. The molecule has 1 fully saturated rings. The molecule has 0 spiro atoms. The van der Waals surface area contributed by atoms with Crippen molar-refractivity contribution in [2.24, 2.45) is 41.2 Å². The number of likely N-dealkylation sites (N-methyl/N-ethyl adjacent to an activating group) is 2. The first-order valence-electron chi connectivity index (χ1n) is 35.0. The van der Waals surface area contributed by atoms with Crippen LogP contribution in [0.2, 0.25) is 0 Å². The molecule has 0 saturated carbocycles. The lowest BCUT2D eigenvalue weighted by atomic mass is 9.89. The fourth-order valence-corrected chi connectivity index (χ4v) is 12.8. The van der Waals surface area contributed by atoms with Gasteiger partial charge in [0.1, 0.15) is 35.8 Å². The fraction of sp³-hybridized carbons (Fsp3) is 0.662. The molecule has 10 N–H and O–H groups in total. The molecule has 30 heteroatoms. The van der Waals surface area contributed by atoms with E-state index in [1.165, 1.54) is 30.4 Å².